The molecule has 0 radical (unpaired) electrons. The summed E-state index contributed by atoms with van der Waals surface area (Å²) in [5, 5.41) is 0. The Morgan fingerprint density at radius 2 is 2.00 bits per heavy atom. The maximum Gasteiger partial charge on any atom is 0.513 e. The van der Waals surface area contributed by atoms with E-state index in [1.165, 1.54) is 0 Å². The van der Waals surface area contributed by atoms with Gasteiger partial charge in [-0.05, 0) is 13.3 Å². The molecule has 0 spiro atoms. The fraction of sp³-hybridized carbons (Fsp3) is 1.00. The lowest BCUT2D eigenvalue weighted by Gasteiger charge is -2.07. The highest BCUT2D eigenvalue weighted by atomic mass is 31.2. The zero-order valence-electron chi connectivity index (χ0n) is 6.88. The second-order valence-corrected chi connectivity index (χ2v) is 3.41. The first-order valence-corrected chi connectivity index (χ1v) is 5.14. The van der Waals surface area contributed by atoms with Crippen molar-refractivity contribution in [1.82, 2.24) is 0 Å². The van der Waals surface area contributed by atoms with Crippen LogP contribution in [0.15, 0.2) is 0 Å². The standard InChI is InChI=1S/C6H14FO3P/c1-3-5-6-10-11(7,8)9-4-2/h3-6H2,1-2H3. The van der Waals surface area contributed by atoms with E-state index < -0.39 is 7.91 Å². The topological polar surface area (TPSA) is 35.5 Å². The van der Waals surface area contributed by atoms with Crippen molar-refractivity contribution in [2.45, 2.75) is 26.7 Å². The highest BCUT2D eigenvalue weighted by Crippen LogP contribution is 2.49. The molecule has 0 bridgehead atoms. The van der Waals surface area contributed by atoms with E-state index in [1.807, 2.05) is 6.92 Å². The number of hydrogen-bond donors (Lipinski definition) is 0. The Balaban J connectivity index is 3.47. The van der Waals surface area contributed by atoms with E-state index in [4.69, 9.17) is 0 Å². The summed E-state index contributed by atoms with van der Waals surface area (Å²) in [7, 11) is -4.22. The summed E-state index contributed by atoms with van der Waals surface area (Å²) in [5.41, 5.74) is 0. The van der Waals surface area contributed by atoms with Crippen molar-refractivity contribution in [3.05, 3.63) is 0 Å². The summed E-state index contributed by atoms with van der Waals surface area (Å²) >= 11 is 0. The van der Waals surface area contributed by atoms with Crippen molar-refractivity contribution >= 4 is 7.91 Å². The minimum absolute atomic E-state index is 0.0693. The number of hydrogen-bond acceptors (Lipinski definition) is 3. The average Bonchev–Trinajstić information content (AvgIpc) is 1.87. The molecule has 0 aliphatic rings. The lowest BCUT2D eigenvalue weighted by atomic mass is 10.4. The maximum absolute atomic E-state index is 12.5. The van der Waals surface area contributed by atoms with Gasteiger partial charge in [0.2, 0.25) is 0 Å². The Morgan fingerprint density at radius 1 is 1.36 bits per heavy atom. The van der Waals surface area contributed by atoms with Crippen LogP contribution in [-0.2, 0) is 13.6 Å². The fourth-order valence-electron chi connectivity index (χ4n) is 0.509. The van der Waals surface area contributed by atoms with E-state index in [-0.39, 0.29) is 13.2 Å². The first-order valence-electron chi connectivity index (χ1n) is 3.71. The normalized spacial score (nSPS) is 16.3. The first-order chi connectivity index (χ1) is 5.12. The molecule has 11 heavy (non-hydrogen) atoms. The molecule has 3 nitrogen and oxygen atoms in total. The Hall–Kier alpha value is 0.0800. The monoisotopic (exact) mass is 184 g/mol. The molecule has 0 aromatic rings. The van der Waals surface area contributed by atoms with Gasteiger partial charge in [-0.25, -0.2) is 4.57 Å². The van der Waals surface area contributed by atoms with Gasteiger partial charge in [0.1, 0.15) is 0 Å². The number of unbranched alkanes of at least 4 members (excludes halogenated alkanes) is 1. The predicted octanol–water partition coefficient (Wildman–Crippen LogP) is 2.92. The third-order valence-corrected chi connectivity index (χ3v) is 2.08. The molecule has 0 rings (SSSR count). The lowest BCUT2D eigenvalue weighted by molar-refractivity contribution is 0.179. The minimum atomic E-state index is -4.22. The maximum atomic E-state index is 12.5. The van der Waals surface area contributed by atoms with Gasteiger partial charge >= 0.3 is 7.91 Å². The molecule has 0 saturated heterocycles. The van der Waals surface area contributed by atoms with Crippen LogP contribution in [0.5, 0.6) is 0 Å². The quantitative estimate of drug-likeness (QED) is 0.470. The van der Waals surface area contributed by atoms with Crippen LogP contribution >= 0.6 is 7.91 Å². The predicted molar refractivity (Wildman–Crippen MR) is 41.2 cm³/mol. The summed E-state index contributed by atoms with van der Waals surface area (Å²) in [6, 6.07) is 0. The van der Waals surface area contributed by atoms with E-state index in [2.05, 4.69) is 9.05 Å². The summed E-state index contributed by atoms with van der Waals surface area (Å²) in [6.45, 7) is 3.73. The highest BCUT2D eigenvalue weighted by Gasteiger charge is 2.21. The third-order valence-electron chi connectivity index (χ3n) is 1.03. The molecule has 1 unspecified atom stereocenters. The van der Waals surface area contributed by atoms with Gasteiger partial charge in [-0.2, -0.15) is 0 Å². The van der Waals surface area contributed by atoms with Crippen molar-refractivity contribution in [1.29, 1.82) is 0 Å². The zero-order valence-corrected chi connectivity index (χ0v) is 7.77. The Morgan fingerprint density at radius 3 is 2.45 bits per heavy atom. The molecule has 0 aromatic carbocycles. The van der Waals surface area contributed by atoms with Crippen LogP contribution in [0.3, 0.4) is 0 Å². The van der Waals surface area contributed by atoms with Gasteiger partial charge in [-0.15, -0.1) is 4.20 Å². The van der Waals surface area contributed by atoms with Crippen LogP contribution in [0.4, 0.5) is 4.20 Å². The second kappa shape index (κ2) is 5.70. The van der Waals surface area contributed by atoms with Crippen molar-refractivity contribution in [2.24, 2.45) is 0 Å². The SMILES string of the molecule is CCCCOP(=O)(F)OCC. The van der Waals surface area contributed by atoms with E-state index in [0.717, 1.165) is 6.42 Å². The van der Waals surface area contributed by atoms with Crippen molar-refractivity contribution in [3.8, 4) is 0 Å². The van der Waals surface area contributed by atoms with Gasteiger partial charge in [0.15, 0.2) is 0 Å². The van der Waals surface area contributed by atoms with Gasteiger partial charge in [0, 0.05) is 0 Å². The largest absolute Gasteiger partial charge is 0.513 e. The summed E-state index contributed by atoms with van der Waals surface area (Å²) in [4.78, 5) is 0. The summed E-state index contributed by atoms with van der Waals surface area (Å²) in [5.74, 6) is 0. The van der Waals surface area contributed by atoms with Crippen LogP contribution in [0, 0.1) is 0 Å². The molecule has 0 aliphatic carbocycles. The molecule has 68 valence electrons. The molecule has 0 aliphatic heterocycles. The van der Waals surface area contributed by atoms with Crippen LogP contribution in [0.2, 0.25) is 0 Å². The molecule has 0 fully saturated rings. The molecule has 0 heterocycles. The van der Waals surface area contributed by atoms with E-state index in [9.17, 15) is 8.76 Å². The van der Waals surface area contributed by atoms with Crippen molar-refractivity contribution in [2.75, 3.05) is 13.2 Å². The van der Waals surface area contributed by atoms with Gasteiger partial charge in [-0.3, -0.25) is 9.05 Å². The first kappa shape index (κ1) is 11.1. The smallest absolute Gasteiger partial charge is 0.284 e. The van der Waals surface area contributed by atoms with Crippen LogP contribution in [0.25, 0.3) is 0 Å². The Bertz CT molecular complexity index is 140. The molecule has 1 atom stereocenters. The van der Waals surface area contributed by atoms with Crippen molar-refractivity contribution < 1.29 is 17.8 Å². The Kier molecular flexibility index (Phi) is 5.74. The summed E-state index contributed by atoms with van der Waals surface area (Å²) in [6.07, 6.45) is 1.58. The van der Waals surface area contributed by atoms with E-state index in [0.29, 0.717) is 6.42 Å². The average molecular weight is 184 g/mol. The molecule has 5 heteroatoms. The van der Waals surface area contributed by atoms with Crippen molar-refractivity contribution in [3.63, 3.8) is 0 Å². The molecule has 0 N–H and O–H groups in total. The lowest BCUT2D eigenvalue weighted by Crippen LogP contribution is -1.92. The van der Waals surface area contributed by atoms with Gasteiger partial charge in [0.05, 0.1) is 13.2 Å². The van der Waals surface area contributed by atoms with Crippen LogP contribution in [0.1, 0.15) is 26.7 Å². The van der Waals surface area contributed by atoms with E-state index >= 15 is 0 Å². The van der Waals surface area contributed by atoms with Gasteiger partial charge in [-0.1, -0.05) is 13.3 Å². The van der Waals surface area contributed by atoms with Crippen LogP contribution in [-0.4, -0.2) is 13.2 Å². The second-order valence-electron chi connectivity index (χ2n) is 2.04. The molecular weight excluding hydrogens is 170 g/mol. The zero-order chi connectivity index (χ0) is 8.74. The van der Waals surface area contributed by atoms with E-state index in [1.54, 1.807) is 6.92 Å². The summed E-state index contributed by atoms with van der Waals surface area (Å²) < 4.78 is 31.7. The van der Waals surface area contributed by atoms with Crippen LogP contribution < -0.4 is 0 Å². The number of rotatable bonds is 6. The highest BCUT2D eigenvalue weighted by molar-refractivity contribution is 7.48. The molecule has 0 aromatic heterocycles. The Labute approximate surface area is 66.5 Å². The fourth-order valence-corrected chi connectivity index (χ4v) is 1.24. The van der Waals surface area contributed by atoms with Gasteiger partial charge in [0.25, 0.3) is 0 Å². The third kappa shape index (κ3) is 6.48. The molecular formula is C6H14FO3P. The minimum Gasteiger partial charge on any atom is -0.284 e. The number of halogens is 1. The van der Waals surface area contributed by atoms with Gasteiger partial charge < -0.3 is 0 Å². The molecule has 0 saturated carbocycles. The molecule has 0 amide bonds.